The molecule has 3 aromatic carbocycles. The van der Waals surface area contributed by atoms with E-state index in [4.69, 9.17) is 10.5 Å². The largest absolute Gasteiger partial charge is 0.445 e. The number of hydrogen-bond acceptors (Lipinski definition) is 5. The predicted octanol–water partition coefficient (Wildman–Crippen LogP) is 5.05. The van der Waals surface area contributed by atoms with Crippen molar-refractivity contribution in [2.45, 2.75) is 28.9 Å². The lowest BCUT2D eigenvalue weighted by Gasteiger charge is -2.37. The molecule has 2 aliphatic rings. The number of amides is 2. The van der Waals surface area contributed by atoms with Crippen molar-refractivity contribution in [2.24, 2.45) is 15.7 Å². The number of nitrogens with zero attached hydrogens (tertiary/aromatic N) is 4. The van der Waals surface area contributed by atoms with Gasteiger partial charge in [-0.15, -0.1) is 11.8 Å². The van der Waals surface area contributed by atoms with Gasteiger partial charge in [0.05, 0.1) is 11.1 Å². The molecule has 1 fully saturated rings. The summed E-state index contributed by atoms with van der Waals surface area (Å²) in [6, 6.07) is 30.2. The molecule has 0 aliphatic carbocycles. The van der Waals surface area contributed by atoms with E-state index >= 15 is 0 Å². The molecule has 0 aromatic heterocycles. The van der Waals surface area contributed by atoms with Gasteiger partial charge in [-0.3, -0.25) is 14.7 Å². The summed E-state index contributed by atoms with van der Waals surface area (Å²) in [5.74, 6) is -0.402. The van der Waals surface area contributed by atoms with Crippen LogP contribution in [0.3, 0.4) is 0 Å². The fraction of sp³-hybridized carbons (Fsp3) is 0.273. The van der Waals surface area contributed by atoms with E-state index in [9.17, 15) is 9.59 Å². The third kappa shape index (κ3) is 6.26. The van der Waals surface area contributed by atoms with Gasteiger partial charge in [0.15, 0.2) is 0 Å². The maximum atomic E-state index is 13.6. The highest BCUT2D eigenvalue weighted by molar-refractivity contribution is 8.01. The summed E-state index contributed by atoms with van der Waals surface area (Å²) in [4.78, 5) is 38.4. The zero-order valence-corrected chi connectivity index (χ0v) is 24.2. The number of benzene rings is 3. The van der Waals surface area contributed by atoms with E-state index < -0.39 is 22.8 Å². The van der Waals surface area contributed by atoms with Gasteiger partial charge in [-0.1, -0.05) is 104 Å². The van der Waals surface area contributed by atoms with Crippen LogP contribution >= 0.6 is 11.8 Å². The molecule has 0 radical (unpaired) electrons. The lowest BCUT2D eigenvalue weighted by Crippen LogP contribution is -2.43. The van der Waals surface area contributed by atoms with Gasteiger partial charge < -0.3 is 15.4 Å². The van der Waals surface area contributed by atoms with Gasteiger partial charge in [0.2, 0.25) is 5.96 Å². The van der Waals surface area contributed by atoms with Crippen molar-refractivity contribution in [1.29, 1.82) is 0 Å². The van der Waals surface area contributed by atoms with Gasteiger partial charge in [-0.05, 0) is 29.5 Å². The molecule has 0 spiro atoms. The molecule has 0 bridgehead atoms. The van der Waals surface area contributed by atoms with Crippen molar-refractivity contribution in [1.82, 2.24) is 9.80 Å². The van der Waals surface area contributed by atoms with E-state index in [-0.39, 0.29) is 17.8 Å². The van der Waals surface area contributed by atoms with E-state index in [2.05, 4.69) is 53.0 Å². The number of guanidine groups is 1. The Morgan fingerprint density at radius 2 is 1.57 bits per heavy atom. The first-order chi connectivity index (χ1) is 20.5. The molecule has 9 heteroatoms. The second-order valence-electron chi connectivity index (χ2n) is 10.2. The minimum Gasteiger partial charge on any atom is -0.445 e. The summed E-state index contributed by atoms with van der Waals surface area (Å²) in [5.41, 5.74) is 9.51. The van der Waals surface area contributed by atoms with E-state index in [1.54, 1.807) is 23.0 Å². The molecule has 8 nitrogen and oxygen atoms in total. The van der Waals surface area contributed by atoms with Gasteiger partial charge >= 0.3 is 6.09 Å². The van der Waals surface area contributed by atoms with Gasteiger partial charge in [0.1, 0.15) is 12.6 Å². The Morgan fingerprint density at radius 1 is 1.00 bits per heavy atom. The first-order valence-electron chi connectivity index (χ1n) is 14.1. The minimum atomic E-state index is -0.819. The number of nitrogens with two attached hydrogens (primary N) is 1. The topological polar surface area (TPSA) is 101 Å². The zero-order chi connectivity index (χ0) is 29.4. The van der Waals surface area contributed by atoms with E-state index in [1.807, 2.05) is 54.6 Å². The molecular weight excluding hydrogens is 546 g/mol. The maximum absolute atomic E-state index is 13.6. The highest BCUT2D eigenvalue weighted by atomic mass is 32.2. The molecule has 2 heterocycles. The van der Waals surface area contributed by atoms with E-state index in [0.717, 1.165) is 23.1 Å². The van der Waals surface area contributed by atoms with Crippen molar-refractivity contribution < 1.29 is 14.3 Å². The fourth-order valence-corrected chi connectivity index (χ4v) is 7.31. The average molecular weight is 582 g/mol. The molecule has 2 aliphatic heterocycles. The SMILES string of the molecule is C=CCOC(=O)N1C[C@@H](SC(c2ccccc2)(c2ccccc2)c2ccccc2)C[C@H]1C(=O)N=C(N)N1C=NCCC1. The van der Waals surface area contributed by atoms with Gasteiger partial charge in [0, 0.05) is 24.9 Å². The van der Waals surface area contributed by atoms with Crippen molar-refractivity contribution in [2.75, 3.05) is 26.2 Å². The van der Waals surface area contributed by atoms with Crippen molar-refractivity contribution in [3.05, 3.63) is 120 Å². The van der Waals surface area contributed by atoms with Crippen molar-refractivity contribution in [3.63, 3.8) is 0 Å². The predicted molar refractivity (Wildman–Crippen MR) is 169 cm³/mol. The Hall–Kier alpha value is -4.37. The Morgan fingerprint density at radius 3 is 2.07 bits per heavy atom. The monoisotopic (exact) mass is 581 g/mol. The van der Waals surface area contributed by atoms with Crippen LogP contribution in [-0.2, 0) is 14.3 Å². The summed E-state index contributed by atoms with van der Waals surface area (Å²) in [5, 5.41) is -0.121. The summed E-state index contributed by atoms with van der Waals surface area (Å²) in [6.07, 6.45) is 3.76. The number of aliphatic imine (C=N–C) groups is 2. The quantitative estimate of drug-likeness (QED) is 0.173. The van der Waals surface area contributed by atoms with Crippen LogP contribution in [0.1, 0.15) is 29.5 Å². The first kappa shape index (κ1) is 29.1. The third-order valence-corrected chi connectivity index (χ3v) is 9.15. The molecule has 2 amide bonds. The van der Waals surface area contributed by atoms with Crippen molar-refractivity contribution >= 4 is 36.1 Å². The Balaban J connectivity index is 1.53. The minimum absolute atomic E-state index is 0.0473. The molecule has 0 unspecified atom stereocenters. The summed E-state index contributed by atoms with van der Waals surface area (Å²) >= 11 is 1.74. The van der Waals surface area contributed by atoms with E-state index in [1.165, 1.54) is 11.0 Å². The second kappa shape index (κ2) is 13.5. The fourth-order valence-electron chi connectivity index (χ4n) is 5.48. The summed E-state index contributed by atoms with van der Waals surface area (Å²) < 4.78 is 4.80. The number of carbonyl (C=O) groups is 2. The molecule has 3 aromatic rings. The molecule has 2 atom stereocenters. The Bertz CT molecular complexity index is 1340. The van der Waals surface area contributed by atoms with Crippen LogP contribution in [0.15, 0.2) is 114 Å². The molecular formula is C33H35N5O3S. The number of thioether (sulfide) groups is 1. The lowest BCUT2D eigenvalue weighted by molar-refractivity contribution is -0.121. The van der Waals surface area contributed by atoms with Gasteiger partial charge in [-0.25, -0.2) is 4.79 Å². The number of hydrogen-bond donors (Lipinski definition) is 1. The highest BCUT2D eigenvalue weighted by Crippen LogP contribution is 2.52. The van der Waals surface area contributed by atoms with Gasteiger partial charge in [0.25, 0.3) is 5.91 Å². The number of rotatable bonds is 8. The highest BCUT2D eigenvalue weighted by Gasteiger charge is 2.46. The summed E-state index contributed by atoms with van der Waals surface area (Å²) in [7, 11) is 0. The van der Waals surface area contributed by atoms with Crippen LogP contribution in [0, 0.1) is 0 Å². The molecule has 2 N–H and O–H groups in total. The molecule has 0 saturated carbocycles. The standard InChI is InChI=1S/C33H35N5O3S/c1-2-21-41-32(40)38-23-28(22-29(38)30(39)36-31(34)37-20-12-19-35-24-37)42-33(25-13-6-3-7-14-25,26-15-8-4-9-16-26)27-17-10-5-11-18-27/h2-11,13-18,24,28-29H,1,12,19-23H2,(H2,34,36,39)/t28-,29-/m0/s1. The number of likely N-dealkylation sites (tertiary alicyclic amines) is 1. The van der Waals surface area contributed by atoms with Crippen LogP contribution in [0.2, 0.25) is 0 Å². The van der Waals surface area contributed by atoms with Crippen molar-refractivity contribution in [3.8, 4) is 0 Å². The summed E-state index contributed by atoms with van der Waals surface area (Å²) in [6.45, 7) is 5.35. The van der Waals surface area contributed by atoms with Crippen LogP contribution in [0.4, 0.5) is 4.79 Å². The third-order valence-electron chi connectivity index (χ3n) is 7.42. The van der Waals surface area contributed by atoms with Crippen LogP contribution in [0.5, 0.6) is 0 Å². The number of carbonyl (C=O) groups excluding carboxylic acids is 2. The smallest absolute Gasteiger partial charge is 0.410 e. The maximum Gasteiger partial charge on any atom is 0.410 e. The lowest BCUT2D eigenvalue weighted by atomic mass is 9.84. The second-order valence-corrected chi connectivity index (χ2v) is 11.7. The Kier molecular flexibility index (Phi) is 9.38. The van der Waals surface area contributed by atoms with E-state index in [0.29, 0.717) is 26.1 Å². The first-order valence-corrected chi connectivity index (χ1v) is 14.9. The molecule has 42 heavy (non-hydrogen) atoms. The zero-order valence-electron chi connectivity index (χ0n) is 23.4. The number of ether oxygens (including phenoxy) is 1. The average Bonchev–Trinajstić information content (AvgIpc) is 3.48. The van der Waals surface area contributed by atoms with Crippen LogP contribution < -0.4 is 5.73 Å². The van der Waals surface area contributed by atoms with Crippen LogP contribution in [0.25, 0.3) is 0 Å². The molecule has 216 valence electrons. The Labute approximate surface area is 251 Å². The molecule has 5 rings (SSSR count). The normalized spacial score (nSPS) is 19.0. The van der Waals surface area contributed by atoms with Crippen LogP contribution in [-0.4, -0.2) is 71.6 Å². The molecule has 1 saturated heterocycles. The van der Waals surface area contributed by atoms with Gasteiger partial charge in [-0.2, -0.15) is 4.99 Å².